The van der Waals surface area contributed by atoms with Crippen molar-refractivity contribution >= 4 is 5.97 Å². The van der Waals surface area contributed by atoms with Crippen LogP contribution >= 0.6 is 0 Å². The standard InChI is InChI=1S/C10H14F6O3/c1-8(2,3)19-6(17)4-5-18-7(9(11,12)13)10(14,15)16/h7H,4-5H2,1-3H3. The first kappa shape index (κ1) is 18.0. The smallest absolute Gasteiger partial charge is 0.423 e. The van der Waals surface area contributed by atoms with Crippen LogP contribution in [0.5, 0.6) is 0 Å². The number of carbonyl (C=O) groups excluding carboxylic acids is 1. The molecule has 9 heteroatoms. The summed E-state index contributed by atoms with van der Waals surface area (Å²) in [6.45, 7) is 3.51. The molecule has 0 spiro atoms. The minimum atomic E-state index is -5.58. The maximum atomic E-state index is 12.1. The van der Waals surface area contributed by atoms with E-state index in [0.717, 1.165) is 0 Å². The molecule has 0 saturated heterocycles. The summed E-state index contributed by atoms with van der Waals surface area (Å²) in [4.78, 5) is 11.1. The second kappa shape index (κ2) is 5.98. The minimum absolute atomic E-state index is 0.695. The molecule has 3 nitrogen and oxygen atoms in total. The Morgan fingerprint density at radius 1 is 1.00 bits per heavy atom. The van der Waals surface area contributed by atoms with Gasteiger partial charge in [-0.3, -0.25) is 4.79 Å². The van der Waals surface area contributed by atoms with E-state index in [2.05, 4.69) is 4.74 Å². The van der Waals surface area contributed by atoms with E-state index < -0.39 is 43.1 Å². The van der Waals surface area contributed by atoms with E-state index in [-0.39, 0.29) is 0 Å². The van der Waals surface area contributed by atoms with Gasteiger partial charge in [-0.2, -0.15) is 26.3 Å². The van der Waals surface area contributed by atoms with E-state index in [4.69, 9.17) is 4.74 Å². The highest BCUT2D eigenvalue weighted by atomic mass is 19.4. The van der Waals surface area contributed by atoms with Crippen LogP contribution in [0.2, 0.25) is 0 Å². The third kappa shape index (κ3) is 7.91. The number of rotatable bonds is 4. The van der Waals surface area contributed by atoms with Gasteiger partial charge in [0.05, 0.1) is 13.0 Å². The Morgan fingerprint density at radius 2 is 1.42 bits per heavy atom. The van der Waals surface area contributed by atoms with Crippen molar-refractivity contribution in [3.63, 3.8) is 0 Å². The van der Waals surface area contributed by atoms with E-state index in [1.165, 1.54) is 20.8 Å². The maximum absolute atomic E-state index is 12.1. The van der Waals surface area contributed by atoms with Crippen molar-refractivity contribution in [3.8, 4) is 0 Å². The molecule has 0 unspecified atom stereocenters. The Bertz CT molecular complexity index is 288. The van der Waals surface area contributed by atoms with Crippen LogP contribution in [-0.4, -0.2) is 36.6 Å². The Labute approximate surface area is 105 Å². The lowest BCUT2D eigenvalue weighted by Crippen LogP contribution is -2.44. The van der Waals surface area contributed by atoms with Crippen LogP contribution in [0.25, 0.3) is 0 Å². The van der Waals surface area contributed by atoms with Crippen molar-refractivity contribution < 1.29 is 40.6 Å². The summed E-state index contributed by atoms with van der Waals surface area (Å²) >= 11 is 0. The average molecular weight is 296 g/mol. The molecule has 0 saturated carbocycles. The van der Waals surface area contributed by atoms with Gasteiger partial charge in [0, 0.05) is 0 Å². The normalized spacial score (nSPS) is 13.8. The van der Waals surface area contributed by atoms with Gasteiger partial charge in [-0.15, -0.1) is 0 Å². The number of carbonyl (C=O) groups is 1. The molecule has 0 heterocycles. The van der Waals surface area contributed by atoms with Gasteiger partial charge < -0.3 is 9.47 Å². The Kier molecular flexibility index (Phi) is 5.66. The highest BCUT2D eigenvalue weighted by Crippen LogP contribution is 2.35. The van der Waals surface area contributed by atoms with Gasteiger partial charge in [0.25, 0.3) is 0 Å². The van der Waals surface area contributed by atoms with Gasteiger partial charge in [-0.1, -0.05) is 0 Å². The first-order valence-electron chi connectivity index (χ1n) is 5.20. The van der Waals surface area contributed by atoms with Gasteiger partial charge in [0.15, 0.2) is 0 Å². The first-order chi connectivity index (χ1) is 8.23. The molecule has 19 heavy (non-hydrogen) atoms. The molecule has 0 radical (unpaired) electrons. The van der Waals surface area contributed by atoms with Crippen molar-refractivity contribution in [3.05, 3.63) is 0 Å². The van der Waals surface area contributed by atoms with E-state index in [1.54, 1.807) is 0 Å². The second-order valence-corrected chi connectivity index (χ2v) is 4.67. The van der Waals surface area contributed by atoms with Crippen LogP contribution in [0.15, 0.2) is 0 Å². The number of esters is 1. The maximum Gasteiger partial charge on any atom is 0.423 e. The molecule has 0 rings (SSSR count). The number of hydrogen-bond donors (Lipinski definition) is 0. The zero-order valence-corrected chi connectivity index (χ0v) is 10.5. The molecule has 0 N–H and O–H groups in total. The summed E-state index contributed by atoms with van der Waals surface area (Å²) in [5.74, 6) is -0.935. The summed E-state index contributed by atoms with van der Waals surface area (Å²) in [7, 11) is 0. The van der Waals surface area contributed by atoms with Crippen LogP contribution in [0.4, 0.5) is 26.3 Å². The molecule has 0 aromatic carbocycles. The van der Waals surface area contributed by atoms with Crippen molar-refractivity contribution in [1.29, 1.82) is 0 Å². The summed E-state index contributed by atoms with van der Waals surface area (Å²) in [6.07, 6.45) is -15.7. The Morgan fingerprint density at radius 3 is 1.74 bits per heavy atom. The van der Waals surface area contributed by atoms with Crippen LogP contribution in [0.3, 0.4) is 0 Å². The molecule has 0 amide bonds. The van der Waals surface area contributed by atoms with Gasteiger partial charge in [-0.25, -0.2) is 0 Å². The molecule has 114 valence electrons. The number of hydrogen-bond acceptors (Lipinski definition) is 3. The topological polar surface area (TPSA) is 35.5 Å². The van der Waals surface area contributed by atoms with Crippen LogP contribution in [0, 0.1) is 0 Å². The molecular weight excluding hydrogens is 282 g/mol. The van der Waals surface area contributed by atoms with Gasteiger partial charge in [0.2, 0.25) is 6.10 Å². The fourth-order valence-electron chi connectivity index (χ4n) is 1.03. The summed E-state index contributed by atoms with van der Waals surface area (Å²) in [5, 5.41) is 0. The Hall–Kier alpha value is -0.990. The van der Waals surface area contributed by atoms with Gasteiger partial charge in [-0.05, 0) is 20.8 Å². The SMILES string of the molecule is CC(C)(C)OC(=O)CCOC(C(F)(F)F)C(F)(F)F. The van der Waals surface area contributed by atoms with Gasteiger partial charge >= 0.3 is 18.3 Å². The van der Waals surface area contributed by atoms with Crippen molar-refractivity contribution in [2.75, 3.05) is 6.61 Å². The fourth-order valence-corrected chi connectivity index (χ4v) is 1.03. The van der Waals surface area contributed by atoms with E-state index in [0.29, 0.717) is 0 Å². The van der Waals surface area contributed by atoms with Crippen molar-refractivity contribution in [1.82, 2.24) is 0 Å². The number of ether oxygens (including phenoxy) is 2. The average Bonchev–Trinajstić information content (AvgIpc) is 2.04. The zero-order valence-electron chi connectivity index (χ0n) is 10.5. The second-order valence-electron chi connectivity index (χ2n) is 4.67. The largest absolute Gasteiger partial charge is 0.460 e. The summed E-state index contributed by atoms with van der Waals surface area (Å²) in [5.41, 5.74) is -0.870. The molecule has 0 aliphatic heterocycles. The molecule has 0 aromatic rings. The third-order valence-electron chi connectivity index (χ3n) is 1.61. The molecule has 0 bridgehead atoms. The fraction of sp³-hybridized carbons (Fsp3) is 0.900. The lowest BCUT2D eigenvalue weighted by molar-refractivity contribution is -0.321. The summed E-state index contributed by atoms with van der Waals surface area (Å²) < 4.78 is 80.7. The number of alkyl halides is 6. The van der Waals surface area contributed by atoms with Gasteiger partial charge in [0.1, 0.15) is 5.60 Å². The molecule has 0 aliphatic rings. The monoisotopic (exact) mass is 296 g/mol. The third-order valence-corrected chi connectivity index (χ3v) is 1.61. The lowest BCUT2D eigenvalue weighted by atomic mass is 10.2. The molecule has 0 aliphatic carbocycles. The molecular formula is C10H14F6O3. The minimum Gasteiger partial charge on any atom is -0.460 e. The van der Waals surface area contributed by atoms with E-state index >= 15 is 0 Å². The first-order valence-corrected chi connectivity index (χ1v) is 5.20. The molecule has 0 fully saturated rings. The van der Waals surface area contributed by atoms with Crippen molar-refractivity contribution in [2.45, 2.75) is 51.2 Å². The van der Waals surface area contributed by atoms with Crippen molar-refractivity contribution in [2.24, 2.45) is 0 Å². The highest BCUT2D eigenvalue weighted by molar-refractivity contribution is 5.69. The summed E-state index contributed by atoms with van der Waals surface area (Å²) in [6, 6.07) is 0. The highest BCUT2D eigenvalue weighted by Gasteiger charge is 2.57. The van der Waals surface area contributed by atoms with Crippen LogP contribution in [0.1, 0.15) is 27.2 Å². The predicted octanol–water partition coefficient (Wildman–Crippen LogP) is 3.23. The zero-order chi connectivity index (χ0) is 15.5. The van der Waals surface area contributed by atoms with E-state index in [1.807, 2.05) is 0 Å². The quantitative estimate of drug-likeness (QED) is 0.590. The lowest BCUT2D eigenvalue weighted by Gasteiger charge is -2.23. The Balaban J connectivity index is 4.34. The predicted molar refractivity (Wildman–Crippen MR) is 52.3 cm³/mol. The number of halogens is 6. The van der Waals surface area contributed by atoms with E-state index in [9.17, 15) is 31.1 Å². The van der Waals surface area contributed by atoms with Crippen LogP contribution < -0.4 is 0 Å². The molecule has 0 aromatic heterocycles. The van der Waals surface area contributed by atoms with Crippen LogP contribution in [-0.2, 0) is 14.3 Å². The molecule has 0 atom stereocenters.